The molecule has 0 bridgehead atoms. The van der Waals surface area contributed by atoms with Crippen LogP contribution in [0.3, 0.4) is 0 Å². The van der Waals surface area contributed by atoms with Gasteiger partial charge in [-0.1, -0.05) is 292 Å². The Hall–Kier alpha value is -3.41. The molecule has 0 rings (SSSR count). The highest BCUT2D eigenvalue weighted by Gasteiger charge is 2.19. The summed E-state index contributed by atoms with van der Waals surface area (Å²) in [7, 11) is 0. The van der Waals surface area contributed by atoms with Gasteiger partial charge < -0.3 is 14.2 Å². The van der Waals surface area contributed by atoms with E-state index >= 15 is 0 Å². The van der Waals surface area contributed by atoms with E-state index in [-0.39, 0.29) is 37.5 Å². The van der Waals surface area contributed by atoms with E-state index in [2.05, 4.69) is 99.8 Å². The van der Waals surface area contributed by atoms with Crippen LogP contribution in [-0.4, -0.2) is 37.2 Å². The standard InChI is InChI=1S/C69H120O6/c1-4-7-10-13-16-19-22-25-28-31-33-34-36-39-42-45-48-51-54-57-60-63-69(72)75-66(64-73-67(70)61-58-55-52-49-46-43-40-37-30-27-24-21-18-15-12-9-6-3)65-74-68(71)62-59-56-53-50-47-44-41-38-35-32-29-26-23-20-17-14-11-8-5-2/h17-18,20-21,26-27,29-30,35,38,44,47,53,56,66H,4-16,19,22-25,28,31-34,36-37,39-43,45-46,48-52,54-55,57-65H2,1-3H3/b20-17-,21-18-,29-26-,30-27-,38-35-,47-44-,56-53-/t66-/m0/s1. The van der Waals surface area contributed by atoms with Crippen LogP contribution in [0.4, 0.5) is 0 Å². The van der Waals surface area contributed by atoms with Crippen molar-refractivity contribution in [2.24, 2.45) is 0 Å². The summed E-state index contributed by atoms with van der Waals surface area (Å²) in [5.41, 5.74) is 0. The number of unbranched alkanes of at least 4 members (excludes halogenated alkanes) is 33. The van der Waals surface area contributed by atoms with Gasteiger partial charge in [0.05, 0.1) is 0 Å². The zero-order valence-electron chi connectivity index (χ0n) is 49.6. The van der Waals surface area contributed by atoms with Crippen LogP contribution >= 0.6 is 0 Å². The van der Waals surface area contributed by atoms with E-state index in [1.807, 2.05) is 6.08 Å². The highest BCUT2D eigenvalue weighted by Crippen LogP contribution is 2.17. The molecule has 0 aliphatic rings. The molecule has 1 atom stereocenters. The highest BCUT2D eigenvalue weighted by atomic mass is 16.6. The van der Waals surface area contributed by atoms with Gasteiger partial charge in [-0.3, -0.25) is 14.4 Å². The molecule has 0 aromatic rings. The third-order valence-corrected chi connectivity index (χ3v) is 13.9. The minimum absolute atomic E-state index is 0.101. The van der Waals surface area contributed by atoms with Crippen molar-refractivity contribution in [1.29, 1.82) is 0 Å². The summed E-state index contributed by atoms with van der Waals surface area (Å²) in [6.45, 7) is 6.56. The Morgan fingerprint density at radius 3 is 0.853 bits per heavy atom. The van der Waals surface area contributed by atoms with Gasteiger partial charge in [-0.2, -0.15) is 0 Å². The molecule has 0 radical (unpaired) electrons. The van der Waals surface area contributed by atoms with Crippen LogP contribution in [0.1, 0.15) is 316 Å². The number of allylic oxidation sites excluding steroid dienone is 14. The average molecular weight is 1050 g/mol. The van der Waals surface area contributed by atoms with E-state index in [1.54, 1.807) is 0 Å². The Balaban J connectivity index is 4.46. The largest absolute Gasteiger partial charge is 0.462 e. The molecule has 432 valence electrons. The van der Waals surface area contributed by atoms with Gasteiger partial charge in [0.15, 0.2) is 6.10 Å². The predicted octanol–water partition coefficient (Wildman–Crippen LogP) is 21.9. The van der Waals surface area contributed by atoms with E-state index in [4.69, 9.17) is 14.2 Å². The Labute approximate surface area is 465 Å². The number of carbonyl (C=O) groups excluding carboxylic acids is 3. The summed E-state index contributed by atoms with van der Waals surface area (Å²) in [6.07, 6.45) is 83.1. The Bertz CT molecular complexity index is 1430. The third kappa shape index (κ3) is 61.3. The summed E-state index contributed by atoms with van der Waals surface area (Å²) in [5, 5.41) is 0. The second-order valence-corrected chi connectivity index (χ2v) is 21.3. The molecule has 0 heterocycles. The lowest BCUT2D eigenvalue weighted by Crippen LogP contribution is -2.30. The first-order valence-corrected chi connectivity index (χ1v) is 32.1. The second-order valence-electron chi connectivity index (χ2n) is 21.3. The molecule has 6 heteroatoms. The molecule has 0 N–H and O–H groups in total. The van der Waals surface area contributed by atoms with Gasteiger partial charge in [0.2, 0.25) is 0 Å². The van der Waals surface area contributed by atoms with Crippen molar-refractivity contribution in [1.82, 2.24) is 0 Å². The molecule has 0 fully saturated rings. The molecular formula is C69H120O6. The average Bonchev–Trinajstić information content (AvgIpc) is 3.41. The minimum Gasteiger partial charge on any atom is -0.462 e. The van der Waals surface area contributed by atoms with Crippen LogP contribution in [0.2, 0.25) is 0 Å². The molecule has 0 aromatic heterocycles. The van der Waals surface area contributed by atoms with Crippen molar-refractivity contribution in [3.8, 4) is 0 Å². The normalized spacial score (nSPS) is 12.6. The predicted molar refractivity (Wildman–Crippen MR) is 325 cm³/mol. The Kier molecular flexibility index (Phi) is 60.3. The van der Waals surface area contributed by atoms with E-state index < -0.39 is 6.10 Å². The maximum atomic E-state index is 12.9. The first-order valence-electron chi connectivity index (χ1n) is 32.1. The van der Waals surface area contributed by atoms with Gasteiger partial charge in [0.25, 0.3) is 0 Å². The van der Waals surface area contributed by atoms with Crippen molar-refractivity contribution in [3.63, 3.8) is 0 Å². The monoisotopic (exact) mass is 1040 g/mol. The first-order chi connectivity index (χ1) is 37.0. The van der Waals surface area contributed by atoms with Gasteiger partial charge in [-0.05, 0) is 89.9 Å². The summed E-state index contributed by atoms with van der Waals surface area (Å²) in [5.74, 6) is -0.980. The topological polar surface area (TPSA) is 78.9 Å². The lowest BCUT2D eigenvalue weighted by molar-refractivity contribution is -0.166. The van der Waals surface area contributed by atoms with Gasteiger partial charge >= 0.3 is 17.9 Å². The molecular weight excluding hydrogens is 925 g/mol. The van der Waals surface area contributed by atoms with E-state index in [0.717, 1.165) is 77.0 Å². The highest BCUT2D eigenvalue weighted by molar-refractivity contribution is 5.71. The number of rotatable bonds is 58. The van der Waals surface area contributed by atoms with Crippen LogP contribution in [0.15, 0.2) is 85.1 Å². The molecule has 0 aliphatic carbocycles. The zero-order chi connectivity index (χ0) is 54.3. The van der Waals surface area contributed by atoms with E-state index in [9.17, 15) is 14.4 Å². The van der Waals surface area contributed by atoms with Gasteiger partial charge in [0, 0.05) is 19.3 Å². The fourth-order valence-corrected chi connectivity index (χ4v) is 9.05. The molecule has 0 aromatic carbocycles. The smallest absolute Gasteiger partial charge is 0.306 e. The van der Waals surface area contributed by atoms with Crippen LogP contribution in [0.25, 0.3) is 0 Å². The quantitative estimate of drug-likeness (QED) is 0.0261. The van der Waals surface area contributed by atoms with E-state index in [0.29, 0.717) is 19.3 Å². The lowest BCUT2D eigenvalue weighted by atomic mass is 10.0. The summed E-state index contributed by atoms with van der Waals surface area (Å²) in [6, 6.07) is 0. The lowest BCUT2D eigenvalue weighted by Gasteiger charge is -2.18. The fraction of sp³-hybridized carbons (Fsp3) is 0.754. The van der Waals surface area contributed by atoms with Crippen LogP contribution in [-0.2, 0) is 28.6 Å². The molecule has 0 aliphatic heterocycles. The molecule has 75 heavy (non-hydrogen) atoms. The maximum absolute atomic E-state index is 12.9. The van der Waals surface area contributed by atoms with Gasteiger partial charge in [-0.25, -0.2) is 0 Å². The number of esters is 3. The summed E-state index contributed by atoms with van der Waals surface area (Å²) < 4.78 is 16.9. The van der Waals surface area contributed by atoms with Crippen molar-refractivity contribution in [2.45, 2.75) is 322 Å². The van der Waals surface area contributed by atoms with Crippen LogP contribution < -0.4 is 0 Å². The van der Waals surface area contributed by atoms with Crippen molar-refractivity contribution >= 4 is 17.9 Å². The van der Waals surface area contributed by atoms with E-state index in [1.165, 1.54) is 193 Å². The molecule has 0 unspecified atom stereocenters. The first kappa shape index (κ1) is 71.6. The Morgan fingerprint density at radius 2 is 0.507 bits per heavy atom. The fourth-order valence-electron chi connectivity index (χ4n) is 9.05. The zero-order valence-corrected chi connectivity index (χ0v) is 49.6. The second kappa shape index (κ2) is 63.1. The molecule has 6 nitrogen and oxygen atoms in total. The number of hydrogen-bond donors (Lipinski definition) is 0. The summed E-state index contributed by atoms with van der Waals surface area (Å²) in [4.78, 5) is 38.3. The van der Waals surface area contributed by atoms with Crippen LogP contribution in [0.5, 0.6) is 0 Å². The van der Waals surface area contributed by atoms with Crippen molar-refractivity contribution in [2.75, 3.05) is 13.2 Å². The van der Waals surface area contributed by atoms with Crippen LogP contribution in [0, 0.1) is 0 Å². The maximum Gasteiger partial charge on any atom is 0.306 e. The summed E-state index contributed by atoms with van der Waals surface area (Å²) >= 11 is 0. The number of carbonyl (C=O) groups is 3. The van der Waals surface area contributed by atoms with Crippen molar-refractivity contribution < 1.29 is 28.6 Å². The molecule has 0 saturated heterocycles. The molecule has 0 saturated carbocycles. The van der Waals surface area contributed by atoms with Gasteiger partial charge in [-0.15, -0.1) is 0 Å². The van der Waals surface area contributed by atoms with Crippen molar-refractivity contribution in [3.05, 3.63) is 85.1 Å². The minimum atomic E-state index is -0.810. The van der Waals surface area contributed by atoms with Gasteiger partial charge in [0.1, 0.15) is 13.2 Å². The SMILES string of the molecule is CCCCC/C=C\C/C=C\C/C=C\C/C=C\C/C=C\CCC(=O)OC[C@H](COC(=O)CCCCCCCCC/C=C\C/C=C\CCCCC)OC(=O)CCCCCCCCCCCCCCCCCCCCCCC. The molecule has 0 amide bonds. The molecule has 0 spiro atoms. The Morgan fingerprint density at radius 1 is 0.267 bits per heavy atom. The number of ether oxygens (including phenoxy) is 3. The number of hydrogen-bond acceptors (Lipinski definition) is 6. The third-order valence-electron chi connectivity index (χ3n) is 13.9.